The number of nitrogens with two attached hydrogens (primary N) is 1. The highest BCUT2D eigenvalue weighted by atomic mass is 19.1. The second-order valence-electron chi connectivity index (χ2n) is 5.47. The van der Waals surface area contributed by atoms with Gasteiger partial charge in [-0.1, -0.05) is 19.1 Å². The zero-order chi connectivity index (χ0) is 18.7. The molecule has 4 N–H and O–H groups in total. The first kappa shape index (κ1) is 18.5. The Labute approximate surface area is 143 Å². The van der Waals surface area contributed by atoms with Crippen molar-refractivity contribution in [3.05, 3.63) is 52.5 Å². The third-order valence-electron chi connectivity index (χ3n) is 3.93. The summed E-state index contributed by atoms with van der Waals surface area (Å²) >= 11 is 0. The van der Waals surface area contributed by atoms with Crippen LogP contribution in [0.1, 0.15) is 45.0 Å². The summed E-state index contributed by atoms with van der Waals surface area (Å²) in [5.74, 6) is -2.51. The quantitative estimate of drug-likeness (QED) is 0.686. The van der Waals surface area contributed by atoms with E-state index in [2.05, 4.69) is 0 Å². The maximum atomic E-state index is 12.9. The first-order valence-electron chi connectivity index (χ1n) is 7.58. The number of hydrogen-bond acceptors (Lipinski definition) is 5. The maximum absolute atomic E-state index is 12.9. The highest BCUT2D eigenvalue weighted by Crippen LogP contribution is 2.26. The van der Waals surface area contributed by atoms with Crippen molar-refractivity contribution in [2.45, 2.75) is 19.4 Å². The normalized spacial score (nSPS) is 12.0. The number of carboxylic acids is 1. The maximum Gasteiger partial charge on any atom is 0.355 e. The summed E-state index contributed by atoms with van der Waals surface area (Å²) in [6.45, 7) is 1.34. The molecule has 1 aromatic heterocycles. The summed E-state index contributed by atoms with van der Waals surface area (Å²) in [5, 5.41) is 19.3. The van der Waals surface area contributed by atoms with Crippen molar-refractivity contribution in [3.63, 3.8) is 0 Å². The number of carbonyl (C=O) groups excluding carboxylic acids is 1. The fraction of sp³-hybridized carbons (Fsp3) is 0.294. The lowest BCUT2D eigenvalue weighted by molar-refractivity contribution is 0.0243. The van der Waals surface area contributed by atoms with Gasteiger partial charge in [0.15, 0.2) is 0 Å². The molecule has 0 fully saturated rings. The topological polar surface area (TPSA) is 115 Å². The summed E-state index contributed by atoms with van der Waals surface area (Å²) < 4.78 is 19.2. The predicted molar refractivity (Wildman–Crippen MR) is 87.8 cm³/mol. The zero-order valence-electron chi connectivity index (χ0n) is 13.8. The fourth-order valence-corrected chi connectivity index (χ4v) is 2.61. The molecular weight excluding hydrogens is 331 g/mol. The van der Waals surface area contributed by atoms with Gasteiger partial charge in [-0.05, 0) is 24.1 Å². The Morgan fingerprint density at radius 2 is 1.92 bits per heavy atom. The molecule has 1 heterocycles. The van der Waals surface area contributed by atoms with E-state index in [-0.39, 0.29) is 35.7 Å². The van der Waals surface area contributed by atoms with Crippen LogP contribution in [0.3, 0.4) is 0 Å². The number of nitrogens with zero attached hydrogens (tertiary/aromatic N) is 1. The van der Waals surface area contributed by atoms with Gasteiger partial charge in [0.1, 0.15) is 35.6 Å². The number of halogens is 1. The number of hydrogen-bond donors (Lipinski definition) is 3. The molecular formula is C17H19FN2O5. The number of aliphatic hydroxyl groups excluding tert-OH is 1. The third kappa shape index (κ3) is 3.63. The number of aliphatic hydroxyl groups is 1. The summed E-state index contributed by atoms with van der Waals surface area (Å²) in [7, 11) is 1.47. The van der Waals surface area contributed by atoms with E-state index in [0.29, 0.717) is 5.56 Å². The summed E-state index contributed by atoms with van der Waals surface area (Å²) in [4.78, 5) is 23.7. The molecule has 8 heteroatoms. The van der Waals surface area contributed by atoms with Crippen molar-refractivity contribution in [3.8, 4) is 0 Å². The largest absolute Gasteiger partial charge is 0.478 e. The Bertz CT molecular complexity index is 798. The van der Waals surface area contributed by atoms with E-state index >= 15 is 0 Å². The van der Waals surface area contributed by atoms with Crippen molar-refractivity contribution in [2.75, 3.05) is 12.3 Å². The van der Waals surface area contributed by atoms with Crippen molar-refractivity contribution >= 4 is 17.8 Å². The van der Waals surface area contributed by atoms with Gasteiger partial charge in [0, 0.05) is 12.6 Å². The van der Waals surface area contributed by atoms with Gasteiger partial charge < -0.3 is 25.3 Å². The van der Waals surface area contributed by atoms with E-state index in [1.165, 1.54) is 35.9 Å². The SMILES string of the molecule is CCc1c(C(=O)O)c(N)n(C)c1C(=O)OC[C@H](O)c1ccc(F)cc1. The Kier molecular flexibility index (Phi) is 5.43. The molecule has 0 aliphatic heterocycles. The minimum Gasteiger partial charge on any atom is -0.478 e. The first-order valence-corrected chi connectivity index (χ1v) is 7.58. The van der Waals surface area contributed by atoms with Gasteiger partial charge in [0.05, 0.1) is 0 Å². The molecule has 0 aliphatic carbocycles. The van der Waals surface area contributed by atoms with Crippen molar-refractivity contribution in [1.82, 2.24) is 4.57 Å². The molecule has 0 bridgehead atoms. The average Bonchev–Trinajstić information content (AvgIpc) is 2.84. The molecule has 1 atom stereocenters. The third-order valence-corrected chi connectivity index (χ3v) is 3.93. The van der Waals surface area contributed by atoms with Crippen LogP contribution in [0.4, 0.5) is 10.2 Å². The Hall–Kier alpha value is -2.87. The molecule has 0 saturated heterocycles. The van der Waals surface area contributed by atoms with E-state index < -0.39 is 23.9 Å². The molecule has 0 aliphatic rings. The molecule has 2 aromatic rings. The van der Waals surface area contributed by atoms with E-state index in [1.54, 1.807) is 6.92 Å². The molecule has 2 rings (SSSR count). The summed E-state index contributed by atoms with van der Waals surface area (Å²) in [6, 6.07) is 5.14. The van der Waals surface area contributed by atoms with E-state index in [1.807, 2.05) is 0 Å². The van der Waals surface area contributed by atoms with Crippen molar-refractivity contribution in [2.24, 2.45) is 7.05 Å². The number of carbonyl (C=O) groups is 2. The minimum atomic E-state index is -1.23. The number of ether oxygens (including phenoxy) is 1. The van der Waals surface area contributed by atoms with Gasteiger partial charge in [-0.15, -0.1) is 0 Å². The molecule has 0 amide bonds. The van der Waals surface area contributed by atoms with Gasteiger partial charge in [-0.2, -0.15) is 0 Å². The van der Waals surface area contributed by atoms with Gasteiger partial charge >= 0.3 is 11.9 Å². The highest BCUT2D eigenvalue weighted by molar-refractivity contribution is 6.01. The lowest BCUT2D eigenvalue weighted by Gasteiger charge is -2.13. The van der Waals surface area contributed by atoms with Crippen LogP contribution in [0.5, 0.6) is 0 Å². The highest BCUT2D eigenvalue weighted by Gasteiger charge is 2.28. The number of aromatic carboxylic acids is 1. The summed E-state index contributed by atoms with van der Waals surface area (Å²) in [5.41, 5.74) is 6.33. The van der Waals surface area contributed by atoms with Gasteiger partial charge in [-0.25, -0.2) is 14.0 Å². The van der Waals surface area contributed by atoms with Crippen molar-refractivity contribution in [1.29, 1.82) is 0 Å². The monoisotopic (exact) mass is 350 g/mol. The second kappa shape index (κ2) is 7.35. The standard InChI is InChI=1S/C17H19FN2O5/c1-3-11-13(16(22)23)15(19)20(2)14(11)17(24)25-8-12(21)9-4-6-10(18)7-5-9/h4-7,12,21H,3,8,19H2,1-2H3,(H,22,23)/t12-/m0/s1. The van der Waals surface area contributed by atoms with Crippen LogP contribution in [0.25, 0.3) is 0 Å². The minimum absolute atomic E-state index is 0.0312. The van der Waals surface area contributed by atoms with Gasteiger partial charge in [-0.3, -0.25) is 0 Å². The lowest BCUT2D eigenvalue weighted by Crippen LogP contribution is -2.17. The van der Waals surface area contributed by atoms with Crippen LogP contribution in [0.15, 0.2) is 24.3 Å². The van der Waals surface area contributed by atoms with Crippen LogP contribution in [-0.2, 0) is 18.2 Å². The van der Waals surface area contributed by atoms with Crippen molar-refractivity contribution < 1.29 is 28.9 Å². The number of nitrogen functional groups attached to an aromatic ring is 1. The van der Waals surface area contributed by atoms with Crippen LogP contribution in [-0.4, -0.2) is 33.3 Å². The number of anilines is 1. The molecule has 0 spiro atoms. The predicted octanol–water partition coefficient (Wildman–Crippen LogP) is 1.90. The number of aromatic nitrogens is 1. The molecule has 134 valence electrons. The van der Waals surface area contributed by atoms with Crippen LogP contribution in [0.2, 0.25) is 0 Å². The Morgan fingerprint density at radius 3 is 2.44 bits per heavy atom. The number of carboxylic acid groups (broad SMARTS) is 1. The van der Waals surface area contributed by atoms with E-state index in [0.717, 1.165) is 0 Å². The summed E-state index contributed by atoms with van der Waals surface area (Å²) in [6.07, 6.45) is -0.858. The molecule has 0 radical (unpaired) electrons. The van der Waals surface area contributed by atoms with E-state index in [4.69, 9.17) is 10.5 Å². The first-order chi connectivity index (χ1) is 11.8. The molecule has 7 nitrogen and oxygen atoms in total. The van der Waals surface area contributed by atoms with Gasteiger partial charge in [0.25, 0.3) is 0 Å². The second-order valence-corrected chi connectivity index (χ2v) is 5.47. The fourth-order valence-electron chi connectivity index (χ4n) is 2.61. The zero-order valence-corrected chi connectivity index (χ0v) is 13.8. The Balaban J connectivity index is 2.20. The number of benzene rings is 1. The van der Waals surface area contributed by atoms with Gasteiger partial charge in [0.2, 0.25) is 0 Å². The number of esters is 1. The molecule has 25 heavy (non-hydrogen) atoms. The lowest BCUT2D eigenvalue weighted by atomic mass is 10.1. The van der Waals surface area contributed by atoms with Crippen LogP contribution >= 0.6 is 0 Å². The average molecular weight is 350 g/mol. The van der Waals surface area contributed by atoms with E-state index in [9.17, 15) is 24.2 Å². The van der Waals surface area contributed by atoms with Crippen LogP contribution < -0.4 is 5.73 Å². The molecule has 1 aromatic carbocycles. The molecule has 0 saturated carbocycles. The smallest absolute Gasteiger partial charge is 0.355 e. The Morgan fingerprint density at radius 1 is 1.32 bits per heavy atom. The number of rotatable bonds is 6. The molecule has 0 unspecified atom stereocenters. The van der Waals surface area contributed by atoms with Crippen LogP contribution in [0, 0.1) is 5.82 Å².